The van der Waals surface area contributed by atoms with E-state index in [0.717, 1.165) is 10.0 Å². The van der Waals surface area contributed by atoms with Crippen LogP contribution in [0.3, 0.4) is 0 Å². The second-order valence-electron chi connectivity index (χ2n) is 4.21. The zero-order valence-corrected chi connectivity index (χ0v) is 13.0. The number of hydrogen-bond acceptors (Lipinski definition) is 3. The van der Waals surface area contributed by atoms with Gasteiger partial charge in [0.2, 0.25) is 5.91 Å². The van der Waals surface area contributed by atoms with E-state index in [4.69, 9.17) is 15.2 Å². The lowest BCUT2D eigenvalue weighted by molar-refractivity contribution is -0.113. The number of carbonyl (C=O) groups is 1. The largest absolute Gasteiger partial charge is 0.493 e. The fourth-order valence-electron chi connectivity index (χ4n) is 1.71. The minimum Gasteiger partial charge on any atom is -0.493 e. The van der Waals surface area contributed by atoms with Crippen LogP contribution < -0.4 is 15.2 Å². The molecule has 1 amide bonds. The van der Waals surface area contributed by atoms with Gasteiger partial charge in [-0.3, -0.25) is 4.79 Å². The van der Waals surface area contributed by atoms with Gasteiger partial charge in [0.25, 0.3) is 0 Å². The van der Waals surface area contributed by atoms with Crippen molar-refractivity contribution in [1.82, 2.24) is 0 Å². The Bertz CT molecular complexity index is 683. The minimum atomic E-state index is -0.497. The molecule has 0 aliphatic carbocycles. The number of carbonyl (C=O) groups excluding carboxylic acids is 1. The van der Waals surface area contributed by atoms with E-state index in [-0.39, 0.29) is 0 Å². The molecule has 0 aromatic heterocycles. The van der Waals surface area contributed by atoms with E-state index in [1.54, 1.807) is 25.3 Å². The summed E-state index contributed by atoms with van der Waals surface area (Å²) in [5.74, 6) is 1.36. The molecule has 0 spiro atoms. The van der Waals surface area contributed by atoms with E-state index in [2.05, 4.69) is 15.9 Å². The standard InChI is InChI=1S/C16H14BrNO3/c1-20-15-9-11(6-8-16(18)19)5-7-14(15)21-13-4-2-3-12(17)10-13/h2-10H,1H3,(H2,18,19)/b8-6+. The van der Waals surface area contributed by atoms with Crippen LogP contribution in [0.5, 0.6) is 17.2 Å². The van der Waals surface area contributed by atoms with Gasteiger partial charge >= 0.3 is 0 Å². The van der Waals surface area contributed by atoms with Crippen LogP contribution in [0.4, 0.5) is 0 Å². The number of amides is 1. The molecule has 0 radical (unpaired) electrons. The Hall–Kier alpha value is -2.27. The summed E-state index contributed by atoms with van der Waals surface area (Å²) in [6.07, 6.45) is 2.91. The first kappa shape index (κ1) is 15.1. The molecular weight excluding hydrogens is 334 g/mol. The summed E-state index contributed by atoms with van der Waals surface area (Å²) in [5, 5.41) is 0. The van der Waals surface area contributed by atoms with Crippen LogP contribution in [-0.4, -0.2) is 13.0 Å². The van der Waals surface area contributed by atoms with Crippen molar-refractivity contribution in [3.05, 3.63) is 58.6 Å². The number of halogens is 1. The van der Waals surface area contributed by atoms with Crippen molar-refractivity contribution >= 4 is 27.9 Å². The summed E-state index contributed by atoms with van der Waals surface area (Å²) in [6.45, 7) is 0. The SMILES string of the molecule is COc1cc(/C=C/C(N)=O)ccc1Oc1cccc(Br)c1. The molecule has 0 fully saturated rings. The Morgan fingerprint density at radius 3 is 2.67 bits per heavy atom. The molecule has 2 rings (SSSR count). The third-order valence-corrected chi connectivity index (χ3v) is 3.14. The summed E-state index contributed by atoms with van der Waals surface area (Å²) >= 11 is 3.39. The summed E-state index contributed by atoms with van der Waals surface area (Å²) in [4.78, 5) is 10.7. The Kier molecular flexibility index (Phi) is 5.00. The van der Waals surface area contributed by atoms with Crippen LogP contribution in [0, 0.1) is 0 Å². The molecule has 2 aromatic carbocycles. The van der Waals surface area contributed by atoms with Crippen LogP contribution in [0.2, 0.25) is 0 Å². The molecule has 0 aliphatic heterocycles. The highest BCUT2D eigenvalue weighted by Gasteiger charge is 2.06. The lowest BCUT2D eigenvalue weighted by Gasteiger charge is -2.11. The average molecular weight is 348 g/mol. The molecule has 2 aromatic rings. The maximum atomic E-state index is 10.7. The number of hydrogen-bond donors (Lipinski definition) is 1. The Morgan fingerprint density at radius 1 is 1.19 bits per heavy atom. The Labute approximate surface area is 131 Å². The van der Waals surface area contributed by atoms with E-state index < -0.39 is 5.91 Å². The van der Waals surface area contributed by atoms with Crippen molar-refractivity contribution in [3.63, 3.8) is 0 Å². The van der Waals surface area contributed by atoms with E-state index in [1.807, 2.05) is 30.3 Å². The van der Waals surface area contributed by atoms with Gasteiger partial charge < -0.3 is 15.2 Å². The van der Waals surface area contributed by atoms with Gasteiger partial charge in [0, 0.05) is 10.5 Å². The smallest absolute Gasteiger partial charge is 0.241 e. The highest BCUT2D eigenvalue weighted by Crippen LogP contribution is 2.33. The van der Waals surface area contributed by atoms with Crippen molar-refractivity contribution < 1.29 is 14.3 Å². The van der Waals surface area contributed by atoms with Gasteiger partial charge in [-0.1, -0.05) is 28.1 Å². The second kappa shape index (κ2) is 6.95. The maximum Gasteiger partial charge on any atom is 0.241 e. The lowest BCUT2D eigenvalue weighted by Crippen LogP contribution is -2.05. The van der Waals surface area contributed by atoms with Crippen LogP contribution in [-0.2, 0) is 4.79 Å². The highest BCUT2D eigenvalue weighted by atomic mass is 79.9. The summed E-state index contributed by atoms with van der Waals surface area (Å²) < 4.78 is 12.0. The monoisotopic (exact) mass is 347 g/mol. The molecule has 0 unspecified atom stereocenters. The zero-order chi connectivity index (χ0) is 15.2. The van der Waals surface area contributed by atoms with Gasteiger partial charge in [-0.2, -0.15) is 0 Å². The number of benzene rings is 2. The number of nitrogens with two attached hydrogens (primary N) is 1. The normalized spacial score (nSPS) is 10.6. The van der Waals surface area contributed by atoms with Gasteiger partial charge in [0.05, 0.1) is 7.11 Å². The zero-order valence-electron chi connectivity index (χ0n) is 11.4. The van der Waals surface area contributed by atoms with E-state index in [9.17, 15) is 4.79 Å². The number of methoxy groups -OCH3 is 1. The number of rotatable bonds is 5. The molecule has 5 heteroatoms. The van der Waals surface area contributed by atoms with Gasteiger partial charge in [-0.15, -0.1) is 0 Å². The summed E-state index contributed by atoms with van der Waals surface area (Å²) in [7, 11) is 1.56. The first-order valence-corrected chi connectivity index (χ1v) is 6.97. The Balaban J connectivity index is 2.26. The van der Waals surface area contributed by atoms with Crippen molar-refractivity contribution in [2.24, 2.45) is 5.73 Å². The predicted octanol–water partition coefficient (Wildman–Crippen LogP) is 3.75. The minimum absolute atomic E-state index is 0.497. The topological polar surface area (TPSA) is 61.5 Å². The molecule has 0 saturated carbocycles. The van der Waals surface area contributed by atoms with E-state index >= 15 is 0 Å². The van der Waals surface area contributed by atoms with Gasteiger partial charge in [0.15, 0.2) is 11.5 Å². The highest BCUT2D eigenvalue weighted by molar-refractivity contribution is 9.10. The maximum absolute atomic E-state index is 10.7. The molecule has 0 atom stereocenters. The molecule has 0 aliphatic rings. The van der Waals surface area contributed by atoms with Gasteiger partial charge in [-0.25, -0.2) is 0 Å². The first-order chi connectivity index (χ1) is 10.1. The third kappa shape index (κ3) is 4.36. The molecule has 0 heterocycles. The average Bonchev–Trinajstić information content (AvgIpc) is 2.46. The third-order valence-electron chi connectivity index (χ3n) is 2.65. The van der Waals surface area contributed by atoms with Crippen LogP contribution in [0.25, 0.3) is 6.08 Å². The molecule has 108 valence electrons. The van der Waals surface area contributed by atoms with Crippen LogP contribution >= 0.6 is 15.9 Å². The van der Waals surface area contributed by atoms with Crippen molar-refractivity contribution in [1.29, 1.82) is 0 Å². The predicted molar refractivity (Wildman–Crippen MR) is 85.4 cm³/mol. The fourth-order valence-corrected chi connectivity index (χ4v) is 2.09. The van der Waals surface area contributed by atoms with Crippen LogP contribution in [0.1, 0.15) is 5.56 Å². The van der Waals surface area contributed by atoms with Gasteiger partial charge in [-0.05, 0) is 42.0 Å². The Morgan fingerprint density at radius 2 is 2.00 bits per heavy atom. The fraction of sp³-hybridized carbons (Fsp3) is 0.0625. The molecule has 0 bridgehead atoms. The van der Waals surface area contributed by atoms with Crippen LogP contribution in [0.15, 0.2) is 53.0 Å². The molecule has 0 saturated heterocycles. The summed E-state index contributed by atoms with van der Waals surface area (Å²) in [6, 6.07) is 12.9. The molecule has 4 nitrogen and oxygen atoms in total. The van der Waals surface area contributed by atoms with Crippen molar-refractivity contribution in [2.75, 3.05) is 7.11 Å². The number of primary amides is 1. The van der Waals surface area contributed by atoms with Gasteiger partial charge in [0.1, 0.15) is 5.75 Å². The number of ether oxygens (including phenoxy) is 2. The lowest BCUT2D eigenvalue weighted by atomic mass is 10.2. The van der Waals surface area contributed by atoms with E-state index in [0.29, 0.717) is 17.2 Å². The molecule has 21 heavy (non-hydrogen) atoms. The quantitative estimate of drug-likeness (QED) is 0.837. The van der Waals surface area contributed by atoms with Crippen molar-refractivity contribution in [2.45, 2.75) is 0 Å². The molecular formula is C16H14BrNO3. The van der Waals surface area contributed by atoms with Crippen molar-refractivity contribution in [3.8, 4) is 17.2 Å². The second-order valence-corrected chi connectivity index (χ2v) is 5.12. The summed E-state index contributed by atoms with van der Waals surface area (Å²) in [5.41, 5.74) is 5.87. The molecule has 2 N–H and O–H groups in total. The first-order valence-electron chi connectivity index (χ1n) is 6.17. The van der Waals surface area contributed by atoms with E-state index in [1.165, 1.54) is 6.08 Å².